The second-order valence-electron chi connectivity index (χ2n) is 16.4. The number of hydrogen-bond donors (Lipinski definition) is 0. The van der Waals surface area contributed by atoms with E-state index in [4.69, 9.17) is 4.98 Å². The maximum atomic E-state index is 5.10. The molecule has 0 spiro atoms. The van der Waals surface area contributed by atoms with Crippen LogP contribution in [0.2, 0.25) is 0 Å². The van der Waals surface area contributed by atoms with Crippen molar-refractivity contribution in [1.82, 2.24) is 14.1 Å². The molecule has 0 unspecified atom stereocenters. The lowest BCUT2D eigenvalue weighted by Crippen LogP contribution is -1.97. The summed E-state index contributed by atoms with van der Waals surface area (Å²) in [6, 6.07) is 75.0. The normalized spacial score (nSPS) is 12.2. The standard InChI is InChI=1S/C56H43N3S/c1-60(2,3)46-30-28-45(29-31-46)59-53-20-12-10-18-47(53)49-32-24-42(37-56(49)59)41-25-33-55-50(34-41)48-19-11-13-21-54(48)58(55)44-26-22-38(23-27-44)43-35-51(39-14-6-4-7-15-39)57-52(36-43)40-16-8-5-9-17-40/h4-37H,1-3H3. The fraction of sp³-hybridized carbons (Fsp3) is 0.0536. The van der Waals surface area contributed by atoms with Crippen molar-refractivity contribution in [3.8, 4) is 56.1 Å². The molecule has 4 heteroatoms. The maximum absolute atomic E-state index is 5.10. The van der Waals surface area contributed by atoms with Crippen molar-refractivity contribution in [1.29, 1.82) is 0 Å². The number of hydrogen-bond acceptors (Lipinski definition) is 1. The second kappa shape index (κ2) is 14.3. The number of rotatable bonds is 7. The number of fused-ring (bicyclic) bond motifs is 6. The maximum Gasteiger partial charge on any atom is 0.0715 e. The van der Waals surface area contributed by atoms with Gasteiger partial charge in [-0.05, 0) is 125 Å². The molecule has 0 N–H and O–H groups in total. The highest BCUT2D eigenvalue weighted by atomic mass is 32.3. The zero-order valence-electron chi connectivity index (χ0n) is 33.9. The molecular formula is C56H43N3S. The average molecular weight is 790 g/mol. The van der Waals surface area contributed by atoms with Crippen LogP contribution in [0.4, 0.5) is 0 Å². The Hall–Kier alpha value is -7.14. The molecule has 0 radical (unpaired) electrons. The molecule has 0 aliphatic rings. The molecule has 11 rings (SSSR count). The first-order valence-corrected chi connectivity index (χ1v) is 23.3. The van der Waals surface area contributed by atoms with Gasteiger partial charge in [-0.2, -0.15) is 0 Å². The monoisotopic (exact) mass is 789 g/mol. The molecule has 0 saturated carbocycles. The molecule has 3 aromatic heterocycles. The molecule has 0 aliphatic heterocycles. The van der Waals surface area contributed by atoms with Crippen molar-refractivity contribution in [2.75, 3.05) is 18.8 Å². The van der Waals surface area contributed by atoms with Crippen LogP contribution in [0, 0.1) is 0 Å². The van der Waals surface area contributed by atoms with Crippen LogP contribution in [0.1, 0.15) is 0 Å². The van der Waals surface area contributed by atoms with E-state index in [2.05, 4.69) is 222 Å². The molecule has 0 amide bonds. The molecule has 0 atom stereocenters. The fourth-order valence-electron chi connectivity index (χ4n) is 8.88. The van der Waals surface area contributed by atoms with Gasteiger partial charge in [-0.25, -0.2) is 15.0 Å². The number of benzene rings is 8. The molecule has 60 heavy (non-hydrogen) atoms. The Kier molecular flexibility index (Phi) is 8.57. The Morgan fingerprint density at radius 2 is 0.767 bits per heavy atom. The van der Waals surface area contributed by atoms with Crippen molar-refractivity contribution in [2.45, 2.75) is 4.90 Å². The van der Waals surface area contributed by atoms with Crippen molar-refractivity contribution in [3.05, 3.63) is 206 Å². The highest BCUT2D eigenvalue weighted by molar-refractivity contribution is 8.32. The number of pyridine rings is 1. The number of nitrogens with zero attached hydrogens (tertiary/aromatic N) is 3. The summed E-state index contributed by atoms with van der Waals surface area (Å²) in [7, 11) is -0.813. The number of aromatic nitrogens is 3. The summed E-state index contributed by atoms with van der Waals surface area (Å²) in [5.41, 5.74) is 16.0. The van der Waals surface area contributed by atoms with Gasteiger partial charge in [-0.3, -0.25) is 0 Å². The fourth-order valence-corrected chi connectivity index (χ4v) is 9.83. The van der Waals surface area contributed by atoms with Gasteiger partial charge in [0.1, 0.15) is 0 Å². The van der Waals surface area contributed by atoms with Crippen LogP contribution in [0.15, 0.2) is 211 Å². The minimum Gasteiger partial charge on any atom is -0.309 e. The van der Waals surface area contributed by atoms with Crippen molar-refractivity contribution in [2.24, 2.45) is 0 Å². The Balaban J connectivity index is 1.00. The lowest BCUT2D eigenvalue weighted by molar-refractivity contribution is 1.17. The van der Waals surface area contributed by atoms with E-state index < -0.39 is 10.0 Å². The SMILES string of the molecule is CS(C)(C)c1ccc(-n2c3ccccc3c3ccc(-c4ccc5c(c4)c4ccccc4n5-c4ccc(-c5cc(-c6ccccc6)nc(-c6ccccc6)c5)cc4)cc32)cc1. The van der Waals surface area contributed by atoms with E-state index in [0.717, 1.165) is 39.3 Å². The molecule has 3 nitrogen and oxygen atoms in total. The summed E-state index contributed by atoms with van der Waals surface area (Å²) in [5.74, 6) is 0. The van der Waals surface area contributed by atoms with Gasteiger partial charge in [-0.1, -0.05) is 127 Å². The summed E-state index contributed by atoms with van der Waals surface area (Å²) >= 11 is 0. The van der Waals surface area contributed by atoms with Crippen LogP contribution >= 0.6 is 10.0 Å². The van der Waals surface area contributed by atoms with Crippen LogP contribution < -0.4 is 0 Å². The Bertz CT molecular complexity index is 3310. The Morgan fingerprint density at radius 3 is 1.37 bits per heavy atom. The van der Waals surface area contributed by atoms with E-state index in [0.29, 0.717) is 0 Å². The van der Waals surface area contributed by atoms with Gasteiger partial charge in [0.15, 0.2) is 0 Å². The largest absolute Gasteiger partial charge is 0.309 e. The van der Waals surface area contributed by atoms with E-state index in [-0.39, 0.29) is 0 Å². The highest BCUT2D eigenvalue weighted by Crippen LogP contribution is 2.46. The molecule has 0 aliphatic carbocycles. The van der Waals surface area contributed by atoms with E-state index in [1.54, 1.807) is 0 Å². The first kappa shape index (κ1) is 36.0. The van der Waals surface area contributed by atoms with E-state index in [1.165, 1.54) is 65.3 Å². The summed E-state index contributed by atoms with van der Waals surface area (Å²) in [5, 5.41) is 5.01. The predicted octanol–water partition coefficient (Wildman–Crippen LogP) is 15.0. The number of para-hydroxylation sites is 2. The molecule has 0 saturated heterocycles. The molecule has 11 aromatic rings. The van der Waals surface area contributed by atoms with Crippen LogP contribution in [-0.2, 0) is 0 Å². The molecule has 3 heterocycles. The van der Waals surface area contributed by atoms with Crippen LogP contribution in [-0.4, -0.2) is 32.9 Å². The van der Waals surface area contributed by atoms with Gasteiger partial charge in [0.05, 0.1) is 33.5 Å². The van der Waals surface area contributed by atoms with E-state index >= 15 is 0 Å². The van der Waals surface area contributed by atoms with Crippen molar-refractivity contribution >= 4 is 53.6 Å². The van der Waals surface area contributed by atoms with Crippen LogP contribution in [0.5, 0.6) is 0 Å². The molecule has 8 aromatic carbocycles. The van der Waals surface area contributed by atoms with Crippen molar-refractivity contribution in [3.63, 3.8) is 0 Å². The summed E-state index contributed by atoms with van der Waals surface area (Å²) in [6.07, 6.45) is 7.06. The minimum atomic E-state index is -0.813. The van der Waals surface area contributed by atoms with Gasteiger partial charge in [0, 0.05) is 44.0 Å². The molecule has 288 valence electrons. The summed E-state index contributed by atoms with van der Waals surface area (Å²) in [6.45, 7) is 0. The van der Waals surface area contributed by atoms with Gasteiger partial charge in [0.25, 0.3) is 0 Å². The van der Waals surface area contributed by atoms with E-state index in [9.17, 15) is 0 Å². The van der Waals surface area contributed by atoms with Gasteiger partial charge >= 0.3 is 0 Å². The average Bonchev–Trinajstić information content (AvgIpc) is 3.81. The third kappa shape index (κ3) is 6.20. The zero-order chi connectivity index (χ0) is 40.4. The lowest BCUT2D eigenvalue weighted by atomic mass is 9.99. The predicted molar refractivity (Wildman–Crippen MR) is 258 cm³/mol. The first-order chi connectivity index (χ1) is 29.4. The second-order valence-corrected chi connectivity index (χ2v) is 20.6. The van der Waals surface area contributed by atoms with Gasteiger partial charge < -0.3 is 9.13 Å². The molecule has 0 bridgehead atoms. The van der Waals surface area contributed by atoms with E-state index in [1.807, 2.05) is 12.1 Å². The molecule has 0 fully saturated rings. The van der Waals surface area contributed by atoms with Gasteiger partial charge in [0.2, 0.25) is 0 Å². The highest BCUT2D eigenvalue weighted by Gasteiger charge is 2.17. The Morgan fingerprint density at radius 1 is 0.317 bits per heavy atom. The van der Waals surface area contributed by atoms with Gasteiger partial charge in [-0.15, -0.1) is 0 Å². The lowest BCUT2D eigenvalue weighted by Gasteiger charge is -2.26. The summed E-state index contributed by atoms with van der Waals surface area (Å²) < 4.78 is 4.83. The quantitative estimate of drug-likeness (QED) is 0.158. The van der Waals surface area contributed by atoms with Crippen LogP contribution in [0.3, 0.4) is 0 Å². The topological polar surface area (TPSA) is 22.8 Å². The van der Waals surface area contributed by atoms with Crippen LogP contribution in [0.25, 0.3) is 99.8 Å². The summed E-state index contributed by atoms with van der Waals surface area (Å²) in [4.78, 5) is 6.52. The molecular weight excluding hydrogens is 747 g/mol. The third-order valence-corrected chi connectivity index (χ3v) is 13.6. The third-order valence-electron chi connectivity index (χ3n) is 11.9. The van der Waals surface area contributed by atoms with Crippen molar-refractivity contribution < 1.29 is 0 Å². The first-order valence-electron chi connectivity index (χ1n) is 20.5. The zero-order valence-corrected chi connectivity index (χ0v) is 34.7. The Labute approximate surface area is 352 Å². The smallest absolute Gasteiger partial charge is 0.0715 e. The minimum absolute atomic E-state index is 0.813.